The van der Waals surface area contributed by atoms with Crippen LogP contribution in [0.25, 0.3) is 0 Å². The van der Waals surface area contributed by atoms with Gasteiger partial charge in [0.05, 0.1) is 20.6 Å². The SMILES string of the molecule is C[N+]1(C)CCCN1.[Br-]. The summed E-state index contributed by atoms with van der Waals surface area (Å²) in [4.78, 5) is 0. The summed E-state index contributed by atoms with van der Waals surface area (Å²) < 4.78 is 1.00. The van der Waals surface area contributed by atoms with Gasteiger partial charge in [-0.3, -0.25) is 4.59 Å². The minimum absolute atomic E-state index is 0. The van der Waals surface area contributed by atoms with Crippen molar-refractivity contribution in [2.45, 2.75) is 6.42 Å². The molecule has 0 aromatic heterocycles. The molecule has 2 nitrogen and oxygen atoms in total. The predicted molar refractivity (Wildman–Crippen MR) is 29.6 cm³/mol. The maximum absolute atomic E-state index is 3.33. The van der Waals surface area contributed by atoms with Gasteiger partial charge in [0.15, 0.2) is 0 Å². The number of nitrogens with one attached hydrogen (secondary N) is 1. The summed E-state index contributed by atoms with van der Waals surface area (Å²) >= 11 is 0. The normalized spacial score (nSPS) is 24.8. The molecule has 1 aliphatic rings. The van der Waals surface area contributed by atoms with Crippen LogP contribution in [0.15, 0.2) is 0 Å². The van der Waals surface area contributed by atoms with Crippen molar-refractivity contribution in [2.24, 2.45) is 0 Å². The zero-order chi connectivity index (χ0) is 5.33. The Bertz CT molecular complexity index is 64.8. The van der Waals surface area contributed by atoms with E-state index in [0.717, 1.165) is 4.59 Å². The fourth-order valence-electron chi connectivity index (χ4n) is 0.935. The van der Waals surface area contributed by atoms with E-state index in [9.17, 15) is 0 Å². The van der Waals surface area contributed by atoms with Gasteiger partial charge in [-0.25, -0.2) is 0 Å². The van der Waals surface area contributed by atoms with Crippen molar-refractivity contribution in [2.75, 3.05) is 27.2 Å². The summed E-state index contributed by atoms with van der Waals surface area (Å²) in [7, 11) is 4.38. The number of quaternary nitrogens is 1. The lowest BCUT2D eigenvalue weighted by molar-refractivity contribution is -0.920. The van der Waals surface area contributed by atoms with Gasteiger partial charge in [-0.1, -0.05) is 0 Å². The fourth-order valence-corrected chi connectivity index (χ4v) is 0.935. The average molecular weight is 181 g/mol. The number of hydrogen-bond donors (Lipinski definition) is 1. The maximum Gasteiger partial charge on any atom is 0.0972 e. The summed E-state index contributed by atoms with van der Waals surface area (Å²) in [6.45, 7) is 2.47. The van der Waals surface area contributed by atoms with E-state index in [1.807, 2.05) is 0 Å². The maximum atomic E-state index is 3.33. The van der Waals surface area contributed by atoms with Gasteiger partial charge in [0.25, 0.3) is 0 Å². The number of rotatable bonds is 0. The van der Waals surface area contributed by atoms with Crippen molar-refractivity contribution in [1.29, 1.82) is 0 Å². The molecule has 1 N–H and O–H groups in total. The molecule has 1 fully saturated rings. The zero-order valence-corrected chi connectivity index (χ0v) is 7.03. The van der Waals surface area contributed by atoms with Crippen LogP contribution in [0, 0.1) is 0 Å². The molecule has 50 valence electrons. The lowest BCUT2D eigenvalue weighted by Gasteiger charge is -2.20. The molecule has 0 spiro atoms. The Labute approximate surface area is 61.2 Å². The van der Waals surface area contributed by atoms with E-state index in [1.165, 1.54) is 19.5 Å². The van der Waals surface area contributed by atoms with Crippen LogP contribution < -0.4 is 22.4 Å². The Morgan fingerprint density at radius 2 is 2.00 bits per heavy atom. The van der Waals surface area contributed by atoms with E-state index in [1.54, 1.807) is 0 Å². The van der Waals surface area contributed by atoms with Crippen LogP contribution in [-0.2, 0) is 0 Å². The molecule has 1 rings (SSSR count). The smallest absolute Gasteiger partial charge is 0.0972 e. The summed E-state index contributed by atoms with van der Waals surface area (Å²) in [6, 6.07) is 0. The Morgan fingerprint density at radius 1 is 1.38 bits per heavy atom. The van der Waals surface area contributed by atoms with Crippen LogP contribution in [0.2, 0.25) is 0 Å². The third-order valence-electron chi connectivity index (χ3n) is 1.43. The molecule has 1 aliphatic heterocycles. The molecule has 0 unspecified atom stereocenters. The van der Waals surface area contributed by atoms with E-state index >= 15 is 0 Å². The second-order valence-electron chi connectivity index (χ2n) is 2.67. The molecule has 0 atom stereocenters. The monoisotopic (exact) mass is 180 g/mol. The molecule has 0 bridgehead atoms. The van der Waals surface area contributed by atoms with Crippen molar-refractivity contribution in [3.05, 3.63) is 0 Å². The number of nitrogens with zero attached hydrogens (tertiary/aromatic N) is 1. The fraction of sp³-hybridized carbons (Fsp3) is 1.00. The predicted octanol–water partition coefficient (Wildman–Crippen LogP) is -3.02. The highest BCUT2D eigenvalue weighted by atomic mass is 79.9. The van der Waals surface area contributed by atoms with Gasteiger partial charge in [0.1, 0.15) is 0 Å². The Kier molecular flexibility index (Phi) is 2.94. The van der Waals surface area contributed by atoms with Crippen molar-refractivity contribution in [3.63, 3.8) is 0 Å². The Balaban J connectivity index is 0.000000490. The quantitative estimate of drug-likeness (QED) is 0.392. The van der Waals surface area contributed by atoms with Crippen molar-refractivity contribution in [1.82, 2.24) is 5.43 Å². The highest BCUT2D eigenvalue weighted by molar-refractivity contribution is 4.43. The van der Waals surface area contributed by atoms with Crippen LogP contribution >= 0.6 is 0 Å². The van der Waals surface area contributed by atoms with Gasteiger partial charge in [-0.2, -0.15) is 5.43 Å². The summed E-state index contributed by atoms with van der Waals surface area (Å²) in [5.41, 5.74) is 3.33. The molecule has 0 saturated carbocycles. The molecule has 0 radical (unpaired) electrons. The van der Waals surface area contributed by atoms with Gasteiger partial charge in [-0.15, -0.1) is 0 Å². The molecule has 1 saturated heterocycles. The van der Waals surface area contributed by atoms with Crippen LogP contribution in [0.3, 0.4) is 0 Å². The second kappa shape index (κ2) is 2.80. The number of hydrogen-bond acceptors (Lipinski definition) is 1. The van der Waals surface area contributed by atoms with Crippen LogP contribution in [0.1, 0.15) is 6.42 Å². The molecule has 0 amide bonds. The standard InChI is InChI=1S/C5H13N2.BrH/c1-7(2)5-3-4-6-7;/h6H,3-5H2,1-2H3;1H/q+1;/p-1. The number of halogens is 1. The van der Waals surface area contributed by atoms with Crippen molar-refractivity contribution < 1.29 is 21.6 Å². The Hall–Kier alpha value is 0.400. The molecule has 8 heavy (non-hydrogen) atoms. The minimum Gasteiger partial charge on any atom is -1.00 e. The van der Waals surface area contributed by atoms with E-state index in [2.05, 4.69) is 19.5 Å². The molecule has 1 heterocycles. The molecule has 3 heteroatoms. The first-order valence-electron chi connectivity index (χ1n) is 2.79. The lowest BCUT2D eigenvalue weighted by Crippen LogP contribution is -3.00. The largest absolute Gasteiger partial charge is 1.00 e. The summed E-state index contributed by atoms with van der Waals surface area (Å²) in [5, 5.41) is 0. The lowest BCUT2D eigenvalue weighted by atomic mass is 10.5. The topological polar surface area (TPSA) is 12.0 Å². The first-order valence-corrected chi connectivity index (χ1v) is 2.79. The van der Waals surface area contributed by atoms with Gasteiger partial charge in [0.2, 0.25) is 0 Å². The van der Waals surface area contributed by atoms with E-state index in [-0.39, 0.29) is 17.0 Å². The summed E-state index contributed by atoms with van der Waals surface area (Å²) in [5.74, 6) is 0. The van der Waals surface area contributed by atoms with E-state index in [4.69, 9.17) is 0 Å². The molecule has 0 aromatic rings. The van der Waals surface area contributed by atoms with Crippen LogP contribution in [0.4, 0.5) is 0 Å². The third-order valence-corrected chi connectivity index (χ3v) is 1.43. The molecular weight excluding hydrogens is 168 g/mol. The second-order valence-corrected chi connectivity index (χ2v) is 2.67. The first kappa shape index (κ1) is 8.40. The van der Waals surface area contributed by atoms with Crippen LogP contribution in [0.5, 0.6) is 0 Å². The van der Waals surface area contributed by atoms with Crippen molar-refractivity contribution >= 4 is 0 Å². The van der Waals surface area contributed by atoms with Crippen molar-refractivity contribution in [3.8, 4) is 0 Å². The minimum atomic E-state index is 0. The molecular formula is C5H13BrN2. The van der Waals surface area contributed by atoms with Gasteiger partial charge in [-0.05, 0) is 0 Å². The third kappa shape index (κ3) is 2.11. The zero-order valence-electron chi connectivity index (χ0n) is 5.45. The Morgan fingerprint density at radius 3 is 2.12 bits per heavy atom. The highest BCUT2D eigenvalue weighted by Crippen LogP contribution is 1.99. The van der Waals surface area contributed by atoms with Gasteiger partial charge >= 0.3 is 0 Å². The highest BCUT2D eigenvalue weighted by Gasteiger charge is 2.19. The average Bonchev–Trinajstić information content (AvgIpc) is 1.84. The van der Waals surface area contributed by atoms with E-state index < -0.39 is 0 Å². The van der Waals surface area contributed by atoms with Gasteiger partial charge in [0, 0.05) is 13.0 Å². The summed E-state index contributed by atoms with van der Waals surface area (Å²) in [6.07, 6.45) is 1.33. The first-order chi connectivity index (χ1) is 3.21. The molecule has 0 aromatic carbocycles. The van der Waals surface area contributed by atoms with E-state index in [0.29, 0.717) is 0 Å². The van der Waals surface area contributed by atoms with Gasteiger partial charge < -0.3 is 17.0 Å². The van der Waals surface area contributed by atoms with Crippen LogP contribution in [-0.4, -0.2) is 31.8 Å². The molecule has 0 aliphatic carbocycles.